The molecule has 1 aliphatic carbocycles. The van der Waals surface area contributed by atoms with Crippen molar-refractivity contribution in [3.05, 3.63) is 35.9 Å². The summed E-state index contributed by atoms with van der Waals surface area (Å²) >= 11 is 0. The molecule has 19 heavy (non-hydrogen) atoms. The van der Waals surface area contributed by atoms with Gasteiger partial charge in [0.15, 0.2) is 12.3 Å². The Kier molecular flexibility index (Phi) is 4.86. The second-order valence-electron chi connectivity index (χ2n) is 5.72. The van der Waals surface area contributed by atoms with Gasteiger partial charge in [0.2, 0.25) is 0 Å². The van der Waals surface area contributed by atoms with Crippen LogP contribution in [0.25, 0.3) is 0 Å². The Morgan fingerprint density at radius 2 is 1.95 bits per heavy atom. The minimum absolute atomic E-state index is 0.358. The lowest BCUT2D eigenvalue weighted by Gasteiger charge is -2.20. The molecule has 0 radical (unpaired) electrons. The van der Waals surface area contributed by atoms with Gasteiger partial charge in [-0.1, -0.05) is 30.3 Å². The summed E-state index contributed by atoms with van der Waals surface area (Å²) in [4.78, 5) is 16.8. The van der Waals surface area contributed by atoms with Crippen LogP contribution in [-0.2, 0) is 4.79 Å². The molecule has 0 aromatic heterocycles. The van der Waals surface area contributed by atoms with Crippen LogP contribution in [0.15, 0.2) is 30.3 Å². The molecule has 1 fully saturated rings. The number of hydrogen-bond donors (Lipinski definition) is 2. The van der Waals surface area contributed by atoms with Gasteiger partial charge in [-0.2, -0.15) is 0 Å². The van der Waals surface area contributed by atoms with Gasteiger partial charge in [0.1, 0.15) is 12.3 Å². The van der Waals surface area contributed by atoms with E-state index < -0.39 is 0 Å². The fraction of sp³-hybridized carbons (Fsp3) is 0.500. The zero-order chi connectivity index (χ0) is 13.7. The van der Waals surface area contributed by atoms with Crippen molar-refractivity contribution < 1.29 is 14.7 Å². The van der Waals surface area contributed by atoms with Crippen LogP contribution in [0.5, 0.6) is 0 Å². The quantitative estimate of drug-likeness (QED) is 0.730. The van der Waals surface area contributed by atoms with E-state index in [1.807, 2.05) is 6.07 Å². The number of carbonyl (C=O) groups is 1. The molecule has 3 nitrogen and oxygen atoms in total. The summed E-state index contributed by atoms with van der Waals surface area (Å²) in [7, 11) is 4.29. The van der Waals surface area contributed by atoms with Crippen LogP contribution in [0.4, 0.5) is 0 Å². The molecule has 1 aliphatic rings. The van der Waals surface area contributed by atoms with E-state index in [1.165, 1.54) is 16.2 Å². The Hall–Kier alpha value is -1.48. The Balaban J connectivity index is 2.02. The topological polar surface area (TPSA) is 35.5 Å². The van der Waals surface area contributed by atoms with Crippen molar-refractivity contribution in [2.45, 2.75) is 25.2 Å². The molecular weight excluding hydrogens is 236 g/mol. The average Bonchev–Trinajstić information content (AvgIpc) is 2.39. The molecule has 0 heterocycles. The average molecular weight is 260 g/mol. The van der Waals surface area contributed by atoms with Crippen LogP contribution in [-0.4, -0.2) is 38.7 Å². The van der Waals surface area contributed by atoms with Crippen molar-refractivity contribution in [2.75, 3.05) is 27.2 Å². The molecule has 2 N–H and O–H groups in total. The second-order valence-corrected chi connectivity index (χ2v) is 5.72. The van der Waals surface area contributed by atoms with Crippen LogP contribution >= 0.6 is 0 Å². The molecule has 1 aromatic carbocycles. The normalized spacial score (nSPS) is 22.2. The van der Waals surface area contributed by atoms with E-state index in [0.717, 1.165) is 19.5 Å². The Morgan fingerprint density at radius 3 is 2.63 bits per heavy atom. The first-order chi connectivity index (χ1) is 9.15. The number of ketones is 1. The molecular formula is C16H24N2O+2. The molecule has 1 aromatic rings. The zero-order valence-corrected chi connectivity index (χ0v) is 11.9. The van der Waals surface area contributed by atoms with Crippen molar-refractivity contribution in [2.24, 2.45) is 0 Å². The maximum Gasteiger partial charge on any atom is 0.189 e. The molecule has 2 rings (SSSR count). The van der Waals surface area contributed by atoms with Crippen molar-refractivity contribution in [1.82, 2.24) is 0 Å². The van der Waals surface area contributed by atoms with Gasteiger partial charge in [0, 0.05) is 18.8 Å². The standard InChI is InChI=1S/C16H22N2O/c1-18(2)9-8-17-15-10-14(11-16(19)12-15)13-6-4-3-5-7-13/h3-7,14H,8-12H2,1-2H3/p+2/t14-/m0/s1. The summed E-state index contributed by atoms with van der Waals surface area (Å²) < 4.78 is 0. The molecule has 0 unspecified atom stereocenters. The molecule has 1 saturated carbocycles. The van der Waals surface area contributed by atoms with Gasteiger partial charge in [-0.15, -0.1) is 0 Å². The van der Waals surface area contributed by atoms with Gasteiger partial charge < -0.3 is 4.90 Å². The minimum Gasteiger partial charge on any atom is -0.335 e. The Labute approximate surface area is 115 Å². The van der Waals surface area contributed by atoms with Crippen molar-refractivity contribution in [3.63, 3.8) is 0 Å². The van der Waals surface area contributed by atoms with Crippen LogP contribution in [0.3, 0.4) is 0 Å². The first-order valence-electron chi connectivity index (χ1n) is 7.09. The van der Waals surface area contributed by atoms with Gasteiger partial charge in [-0.3, -0.25) is 4.79 Å². The third-order valence-corrected chi connectivity index (χ3v) is 3.65. The monoisotopic (exact) mass is 260 g/mol. The summed E-state index contributed by atoms with van der Waals surface area (Å²) in [6.07, 6.45) is 2.30. The first-order valence-corrected chi connectivity index (χ1v) is 7.09. The van der Waals surface area contributed by atoms with Gasteiger partial charge in [0.05, 0.1) is 20.5 Å². The fourth-order valence-electron chi connectivity index (χ4n) is 2.61. The smallest absolute Gasteiger partial charge is 0.189 e. The van der Waals surface area contributed by atoms with Crippen LogP contribution in [0, 0.1) is 0 Å². The largest absolute Gasteiger partial charge is 0.335 e. The van der Waals surface area contributed by atoms with E-state index in [0.29, 0.717) is 24.5 Å². The summed E-state index contributed by atoms with van der Waals surface area (Å²) in [5, 5.41) is 0. The van der Waals surface area contributed by atoms with Gasteiger partial charge in [-0.05, 0) is 5.56 Å². The molecule has 0 spiro atoms. The molecule has 3 heteroatoms. The lowest BCUT2D eigenvalue weighted by Crippen LogP contribution is -3.08. The lowest BCUT2D eigenvalue weighted by atomic mass is 9.82. The third-order valence-electron chi connectivity index (χ3n) is 3.65. The van der Waals surface area contributed by atoms with Gasteiger partial charge in [-0.25, -0.2) is 4.99 Å². The van der Waals surface area contributed by atoms with Gasteiger partial charge in [0.25, 0.3) is 0 Å². The SMILES string of the molecule is C[NH+](C)CC[NH+]=C1CC(=O)C[C@@H](c2ccccc2)C1. The van der Waals surface area contributed by atoms with Gasteiger partial charge >= 0.3 is 0 Å². The van der Waals surface area contributed by atoms with E-state index in [1.54, 1.807) is 0 Å². The fourth-order valence-corrected chi connectivity index (χ4v) is 2.61. The van der Waals surface area contributed by atoms with Crippen molar-refractivity contribution >= 4 is 11.5 Å². The second kappa shape index (κ2) is 6.62. The molecule has 102 valence electrons. The number of quaternary nitrogens is 1. The summed E-state index contributed by atoms with van der Waals surface area (Å²) in [6, 6.07) is 10.4. The summed E-state index contributed by atoms with van der Waals surface area (Å²) in [5.74, 6) is 0.719. The first kappa shape index (κ1) is 13.9. The predicted molar refractivity (Wildman–Crippen MR) is 76.6 cm³/mol. The Bertz CT molecular complexity index is 451. The van der Waals surface area contributed by atoms with E-state index >= 15 is 0 Å². The van der Waals surface area contributed by atoms with Crippen molar-refractivity contribution in [1.29, 1.82) is 0 Å². The highest BCUT2D eigenvalue weighted by Crippen LogP contribution is 2.28. The molecule has 0 amide bonds. The number of nitrogens with one attached hydrogen (secondary N) is 2. The molecule has 0 bridgehead atoms. The zero-order valence-electron chi connectivity index (χ0n) is 11.9. The molecule has 1 atom stereocenters. The highest BCUT2D eigenvalue weighted by atomic mass is 16.1. The Morgan fingerprint density at radius 1 is 1.21 bits per heavy atom. The van der Waals surface area contributed by atoms with Crippen LogP contribution in [0.2, 0.25) is 0 Å². The number of benzene rings is 1. The third kappa shape index (κ3) is 4.28. The lowest BCUT2D eigenvalue weighted by molar-refractivity contribution is -0.866. The number of hydrogen-bond acceptors (Lipinski definition) is 1. The number of rotatable bonds is 4. The summed E-state index contributed by atoms with van der Waals surface area (Å²) in [5.41, 5.74) is 2.50. The van der Waals surface area contributed by atoms with E-state index in [9.17, 15) is 4.79 Å². The van der Waals surface area contributed by atoms with Crippen LogP contribution in [0.1, 0.15) is 30.7 Å². The highest BCUT2D eigenvalue weighted by molar-refractivity contribution is 6.02. The van der Waals surface area contributed by atoms with E-state index in [-0.39, 0.29) is 0 Å². The van der Waals surface area contributed by atoms with E-state index in [2.05, 4.69) is 43.4 Å². The minimum atomic E-state index is 0.358. The summed E-state index contributed by atoms with van der Waals surface area (Å²) in [6.45, 7) is 2.03. The molecule has 0 aliphatic heterocycles. The molecule has 0 saturated heterocycles. The maximum atomic E-state index is 11.9. The number of likely N-dealkylation sites (N-methyl/N-ethyl adjacent to an activating group) is 1. The van der Waals surface area contributed by atoms with E-state index in [4.69, 9.17) is 0 Å². The van der Waals surface area contributed by atoms with Crippen molar-refractivity contribution in [3.8, 4) is 0 Å². The number of carbonyl (C=O) groups excluding carboxylic acids is 1. The highest BCUT2D eigenvalue weighted by Gasteiger charge is 2.28. The number of Topliss-reactive ketones (excluding diaryl/α,β-unsaturated/α-hetero) is 1. The van der Waals surface area contributed by atoms with Crippen LogP contribution < -0.4 is 9.89 Å². The maximum absolute atomic E-state index is 11.9. The predicted octanol–water partition coefficient (Wildman–Crippen LogP) is -0.811.